The summed E-state index contributed by atoms with van der Waals surface area (Å²) in [6, 6.07) is 9.57. The van der Waals surface area contributed by atoms with Gasteiger partial charge in [-0.2, -0.15) is 0 Å². The zero-order chi connectivity index (χ0) is 12.5. The van der Waals surface area contributed by atoms with E-state index in [1.165, 1.54) is 0 Å². The lowest BCUT2D eigenvalue weighted by Crippen LogP contribution is -2.18. The molecule has 2 heterocycles. The highest BCUT2D eigenvalue weighted by Gasteiger charge is 2.28. The quantitative estimate of drug-likeness (QED) is 0.902. The van der Waals surface area contributed by atoms with Crippen molar-refractivity contribution in [2.45, 2.75) is 18.6 Å². The van der Waals surface area contributed by atoms with Crippen LogP contribution in [0.5, 0.6) is 11.5 Å². The van der Waals surface area contributed by atoms with Gasteiger partial charge in [0.15, 0.2) is 0 Å². The first-order valence-corrected chi connectivity index (χ1v) is 6.72. The number of thiophene rings is 1. The largest absolute Gasteiger partial charge is 0.497 e. The number of benzene rings is 1. The number of ether oxygens (including phenoxy) is 2. The van der Waals surface area contributed by atoms with Crippen LogP contribution in [-0.4, -0.2) is 12.2 Å². The van der Waals surface area contributed by atoms with Crippen molar-refractivity contribution in [2.24, 2.45) is 0 Å². The van der Waals surface area contributed by atoms with E-state index in [9.17, 15) is 5.11 Å². The topological polar surface area (TPSA) is 38.7 Å². The molecule has 1 aromatic carbocycles. The van der Waals surface area contributed by atoms with Crippen LogP contribution in [0.2, 0.25) is 0 Å². The van der Waals surface area contributed by atoms with E-state index in [0.29, 0.717) is 12.2 Å². The SMILES string of the molecule is COc1ccc2c(c1)OC(c1cccs1)C[C@@H]2O. The summed E-state index contributed by atoms with van der Waals surface area (Å²) in [5, 5.41) is 12.2. The Kier molecular flexibility index (Phi) is 2.97. The van der Waals surface area contributed by atoms with E-state index in [-0.39, 0.29) is 6.10 Å². The summed E-state index contributed by atoms with van der Waals surface area (Å²) in [5.74, 6) is 1.46. The molecule has 0 amide bonds. The average Bonchev–Trinajstić information content (AvgIpc) is 2.91. The number of methoxy groups -OCH3 is 1. The lowest BCUT2D eigenvalue weighted by molar-refractivity contribution is 0.0672. The van der Waals surface area contributed by atoms with Crippen LogP contribution in [0.3, 0.4) is 0 Å². The first-order chi connectivity index (χ1) is 8.78. The maximum Gasteiger partial charge on any atom is 0.136 e. The minimum Gasteiger partial charge on any atom is -0.497 e. The fraction of sp³-hybridized carbons (Fsp3) is 0.286. The van der Waals surface area contributed by atoms with E-state index < -0.39 is 6.10 Å². The molecule has 2 atom stereocenters. The van der Waals surface area contributed by atoms with Crippen LogP contribution in [0.25, 0.3) is 0 Å². The van der Waals surface area contributed by atoms with Gasteiger partial charge in [-0.25, -0.2) is 0 Å². The van der Waals surface area contributed by atoms with Crippen molar-refractivity contribution >= 4 is 11.3 Å². The van der Waals surface area contributed by atoms with Gasteiger partial charge < -0.3 is 14.6 Å². The molecule has 4 heteroatoms. The monoisotopic (exact) mass is 262 g/mol. The molecule has 18 heavy (non-hydrogen) atoms. The van der Waals surface area contributed by atoms with Gasteiger partial charge in [0.1, 0.15) is 17.6 Å². The van der Waals surface area contributed by atoms with Crippen molar-refractivity contribution in [1.82, 2.24) is 0 Å². The molecule has 1 aliphatic heterocycles. The lowest BCUT2D eigenvalue weighted by atomic mass is 9.98. The zero-order valence-electron chi connectivity index (χ0n) is 10.00. The Hall–Kier alpha value is -1.52. The molecule has 0 bridgehead atoms. The minimum atomic E-state index is -0.480. The van der Waals surface area contributed by atoms with Crippen LogP contribution in [-0.2, 0) is 0 Å². The smallest absolute Gasteiger partial charge is 0.136 e. The molecule has 3 rings (SSSR count). The van der Waals surface area contributed by atoms with Crippen LogP contribution in [0, 0.1) is 0 Å². The molecule has 0 radical (unpaired) electrons. The first-order valence-electron chi connectivity index (χ1n) is 5.84. The van der Waals surface area contributed by atoms with Crippen molar-refractivity contribution < 1.29 is 14.6 Å². The molecule has 94 valence electrons. The van der Waals surface area contributed by atoms with Gasteiger partial charge in [-0.15, -0.1) is 11.3 Å². The van der Waals surface area contributed by atoms with Gasteiger partial charge in [0.05, 0.1) is 13.2 Å². The van der Waals surface area contributed by atoms with Gasteiger partial charge in [-0.1, -0.05) is 6.07 Å². The van der Waals surface area contributed by atoms with Crippen molar-refractivity contribution in [3.63, 3.8) is 0 Å². The maximum absolute atomic E-state index is 10.2. The molecule has 3 nitrogen and oxygen atoms in total. The van der Waals surface area contributed by atoms with E-state index in [1.807, 2.05) is 35.7 Å². The number of hydrogen-bond donors (Lipinski definition) is 1. The Morgan fingerprint density at radius 1 is 1.39 bits per heavy atom. The van der Waals surface area contributed by atoms with E-state index >= 15 is 0 Å². The van der Waals surface area contributed by atoms with Crippen LogP contribution < -0.4 is 9.47 Å². The summed E-state index contributed by atoms with van der Waals surface area (Å²) < 4.78 is 11.1. The van der Waals surface area contributed by atoms with Gasteiger partial charge in [-0.05, 0) is 23.6 Å². The lowest BCUT2D eigenvalue weighted by Gasteiger charge is -2.29. The summed E-state index contributed by atoms with van der Waals surface area (Å²) in [6.07, 6.45) is 0.0474. The fourth-order valence-corrected chi connectivity index (χ4v) is 2.97. The molecule has 0 fully saturated rings. The standard InChI is InChI=1S/C14H14O3S/c1-16-9-4-5-10-11(15)8-13(17-12(10)7-9)14-3-2-6-18-14/h2-7,11,13,15H,8H2,1H3/t11-,13?/m0/s1. The molecular formula is C14H14O3S. The Bertz CT molecular complexity index is 536. The average molecular weight is 262 g/mol. The fourth-order valence-electron chi connectivity index (χ4n) is 2.20. The second-order valence-corrected chi connectivity index (χ2v) is 5.26. The summed E-state index contributed by atoms with van der Waals surface area (Å²) >= 11 is 1.65. The van der Waals surface area contributed by atoms with Crippen LogP contribution >= 0.6 is 11.3 Å². The third kappa shape index (κ3) is 1.98. The van der Waals surface area contributed by atoms with E-state index in [4.69, 9.17) is 9.47 Å². The van der Waals surface area contributed by atoms with Gasteiger partial charge in [-0.3, -0.25) is 0 Å². The molecule has 1 aromatic heterocycles. The maximum atomic E-state index is 10.2. The molecule has 1 aliphatic rings. The Morgan fingerprint density at radius 2 is 2.28 bits per heavy atom. The summed E-state index contributed by atoms with van der Waals surface area (Å²) in [7, 11) is 1.62. The summed E-state index contributed by atoms with van der Waals surface area (Å²) in [5.41, 5.74) is 0.837. The Labute approximate surface area is 110 Å². The third-order valence-electron chi connectivity index (χ3n) is 3.15. The molecule has 0 aliphatic carbocycles. The summed E-state index contributed by atoms with van der Waals surface area (Å²) in [6.45, 7) is 0. The number of fused-ring (bicyclic) bond motifs is 1. The normalized spacial score (nSPS) is 22.1. The number of hydrogen-bond acceptors (Lipinski definition) is 4. The number of aliphatic hydroxyl groups excluding tert-OH is 1. The zero-order valence-corrected chi connectivity index (χ0v) is 10.8. The Balaban J connectivity index is 1.95. The first kappa shape index (κ1) is 11.6. The van der Waals surface area contributed by atoms with Crippen molar-refractivity contribution in [2.75, 3.05) is 7.11 Å². The van der Waals surface area contributed by atoms with Crippen LogP contribution in [0.15, 0.2) is 35.7 Å². The van der Waals surface area contributed by atoms with Crippen molar-refractivity contribution in [3.05, 3.63) is 46.2 Å². The molecule has 0 saturated carbocycles. The highest BCUT2D eigenvalue weighted by Crippen LogP contribution is 2.43. The molecular weight excluding hydrogens is 248 g/mol. The van der Waals surface area contributed by atoms with Crippen LogP contribution in [0.4, 0.5) is 0 Å². The van der Waals surface area contributed by atoms with Gasteiger partial charge in [0.25, 0.3) is 0 Å². The molecule has 1 N–H and O–H groups in total. The van der Waals surface area contributed by atoms with Gasteiger partial charge in [0.2, 0.25) is 0 Å². The molecule has 0 spiro atoms. The second kappa shape index (κ2) is 4.63. The van der Waals surface area contributed by atoms with Crippen LogP contribution in [0.1, 0.15) is 29.1 Å². The number of aliphatic hydroxyl groups is 1. The van der Waals surface area contributed by atoms with Crippen molar-refractivity contribution in [3.8, 4) is 11.5 Å². The minimum absolute atomic E-state index is 0.0698. The predicted molar refractivity (Wildman–Crippen MR) is 70.3 cm³/mol. The van der Waals surface area contributed by atoms with Crippen molar-refractivity contribution in [1.29, 1.82) is 0 Å². The second-order valence-electron chi connectivity index (χ2n) is 4.28. The van der Waals surface area contributed by atoms with Gasteiger partial charge >= 0.3 is 0 Å². The number of rotatable bonds is 2. The molecule has 0 saturated heterocycles. The summed E-state index contributed by atoms with van der Waals surface area (Å²) in [4.78, 5) is 1.14. The van der Waals surface area contributed by atoms with E-state index in [0.717, 1.165) is 16.2 Å². The van der Waals surface area contributed by atoms with E-state index in [2.05, 4.69) is 0 Å². The molecule has 2 aromatic rings. The third-order valence-corrected chi connectivity index (χ3v) is 4.11. The molecule has 1 unspecified atom stereocenters. The predicted octanol–water partition coefficient (Wildman–Crippen LogP) is 3.31. The Morgan fingerprint density at radius 3 is 3.00 bits per heavy atom. The highest BCUT2D eigenvalue weighted by atomic mass is 32.1. The highest BCUT2D eigenvalue weighted by molar-refractivity contribution is 7.10. The van der Waals surface area contributed by atoms with E-state index in [1.54, 1.807) is 18.4 Å². The van der Waals surface area contributed by atoms with Gasteiger partial charge in [0, 0.05) is 22.9 Å².